The molecule has 6 heteroatoms. The van der Waals surface area contributed by atoms with Crippen molar-refractivity contribution in [1.82, 2.24) is 5.32 Å². The first-order chi connectivity index (χ1) is 5.08. The lowest BCUT2D eigenvalue weighted by Crippen LogP contribution is -2.45. The molecule has 0 aromatic rings. The van der Waals surface area contributed by atoms with Gasteiger partial charge in [-0.2, -0.15) is 0 Å². The van der Waals surface area contributed by atoms with E-state index in [4.69, 9.17) is 4.74 Å². The zero-order valence-electron chi connectivity index (χ0n) is 6.95. The summed E-state index contributed by atoms with van der Waals surface area (Å²) >= 11 is 0. The minimum Gasteiger partial charge on any atom is -0.378 e. The molecule has 1 N–H and O–H groups in total. The van der Waals surface area contributed by atoms with E-state index in [0.29, 0.717) is 13.2 Å². The van der Waals surface area contributed by atoms with Crippen molar-refractivity contribution in [3.8, 4) is 0 Å². The fourth-order valence-electron chi connectivity index (χ4n) is 1.09. The van der Waals surface area contributed by atoms with Crippen LogP contribution in [-0.4, -0.2) is 46.2 Å². The van der Waals surface area contributed by atoms with Crippen LogP contribution in [0.1, 0.15) is 0 Å². The summed E-state index contributed by atoms with van der Waals surface area (Å²) in [5.41, 5.74) is 0. The van der Waals surface area contributed by atoms with E-state index < -0.39 is 9.84 Å². The predicted molar refractivity (Wildman–Crippen MR) is 49.6 cm³/mol. The first-order valence-electron chi connectivity index (χ1n) is 3.57. The third-order valence-corrected chi connectivity index (χ3v) is 2.51. The SMILES string of the molecule is CS(=O)(=O)C[C@@H]1COCCN1.Cl. The molecule has 1 saturated heterocycles. The van der Waals surface area contributed by atoms with Crippen molar-refractivity contribution in [3.63, 3.8) is 0 Å². The van der Waals surface area contributed by atoms with Gasteiger partial charge in [0.2, 0.25) is 0 Å². The Kier molecular flexibility index (Phi) is 5.08. The van der Waals surface area contributed by atoms with E-state index in [1.54, 1.807) is 0 Å². The molecule has 74 valence electrons. The molecule has 1 heterocycles. The van der Waals surface area contributed by atoms with E-state index in [9.17, 15) is 8.42 Å². The maximum Gasteiger partial charge on any atom is 0.149 e. The minimum absolute atomic E-state index is 0. The molecule has 1 atom stereocenters. The van der Waals surface area contributed by atoms with Crippen LogP contribution >= 0.6 is 12.4 Å². The van der Waals surface area contributed by atoms with Crippen molar-refractivity contribution in [1.29, 1.82) is 0 Å². The molecule has 0 spiro atoms. The Hall–Kier alpha value is 0.160. The van der Waals surface area contributed by atoms with Crippen molar-refractivity contribution in [3.05, 3.63) is 0 Å². The van der Waals surface area contributed by atoms with Crippen LogP contribution in [-0.2, 0) is 14.6 Å². The van der Waals surface area contributed by atoms with Crippen LogP contribution in [0.5, 0.6) is 0 Å². The van der Waals surface area contributed by atoms with Crippen LogP contribution in [0.3, 0.4) is 0 Å². The van der Waals surface area contributed by atoms with Gasteiger partial charge in [0, 0.05) is 18.8 Å². The van der Waals surface area contributed by atoms with Gasteiger partial charge in [-0.05, 0) is 0 Å². The molecule has 1 fully saturated rings. The number of morpholine rings is 1. The average Bonchev–Trinajstić information content (AvgIpc) is 1.85. The Labute approximate surface area is 79.0 Å². The highest BCUT2D eigenvalue weighted by Crippen LogP contribution is 1.96. The second-order valence-electron chi connectivity index (χ2n) is 2.82. The Morgan fingerprint density at radius 2 is 2.25 bits per heavy atom. The zero-order valence-corrected chi connectivity index (χ0v) is 8.58. The molecule has 0 unspecified atom stereocenters. The Morgan fingerprint density at radius 3 is 2.67 bits per heavy atom. The van der Waals surface area contributed by atoms with Crippen molar-refractivity contribution >= 4 is 22.2 Å². The van der Waals surface area contributed by atoms with Crippen molar-refractivity contribution in [2.24, 2.45) is 0 Å². The van der Waals surface area contributed by atoms with Gasteiger partial charge in [0.05, 0.1) is 19.0 Å². The van der Waals surface area contributed by atoms with E-state index >= 15 is 0 Å². The van der Waals surface area contributed by atoms with Gasteiger partial charge in [-0.1, -0.05) is 0 Å². The number of nitrogens with one attached hydrogen (secondary N) is 1. The minimum atomic E-state index is -2.87. The van der Waals surface area contributed by atoms with Gasteiger partial charge in [-0.25, -0.2) is 8.42 Å². The number of sulfone groups is 1. The van der Waals surface area contributed by atoms with E-state index in [1.807, 2.05) is 0 Å². The third kappa shape index (κ3) is 4.92. The molecule has 0 saturated carbocycles. The molecule has 0 bridgehead atoms. The Bertz CT molecular complexity index is 211. The third-order valence-electron chi connectivity index (χ3n) is 1.50. The quantitative estimate of drug-likeness (QED) is 0.671. The highest BCUT2D eigenvalue weighted by atomic mass is 35.5. The Balaban J connectivity index is 0.00000121. The summed E-state index contributed by atoms with van der Waals surface area (Å²) < 4.78 is 26.7. The lowest BCUT2D eigenvalue weighted by molar-refractivity contribution is 0.0832. The largest absolute Gasteiger partial charge is 0.378 e. The van der Waals surface area contributed by atoms with E-state index in [1.165, 1.54) is 6.26 Å². The average molecular weight is 216 g/mol. The fourth-order valence-corrected chi connectivity index (χ4v) is 2.04. The topological polar surface area (TPSA) is 55.4 Å². The maximum atomic E-state index is 10.8. The molecule has 0 aromatic carbocycles. The van der Waals surface area contributed by atoms with Crippen LogP contribution < -0.4 is 5.32 Å². The molecule has 0 aliphatic carbocycles. The summed E-state index contributed by atoms with van der Waals surface area (Å²) in [5.74, 6) is 0.174. The molecule has 12 heavy (non-hydrogen) atoms. The van der Waals surface area contributed by atoms with Gasteiger partial charge in [-0.15, -0.1) is 12.4 Å². The lowest BCUT2D eigenvalue weighted by atomic mass is 10.3. The zero-order chi connectivity index (χ0) is 8.32. The van der Waals surface area contributed by atoms with Gasteiger partial charge in [0.25, 0.3) is 0 Å². The van der Waals surface area contributed by atoms with Crippen LogP contribution in [0.4, 0.5) is 0 Å². The predicted octanol–water partition coefficient (Wildman–Crippen LogP) is -0.559. The summed E-state index contributed by atoms with van der Waals surface area (Å²) in [6.07, 6.45) is 1.24. The van der Waals surface area contributed by atoms with E-state index in [2.05, 4.69) is 5.32 Å². The van der Waals surface area contributed by atoms with Crippen LogP contribution in [0.15, 0.2) is 0 Å². The van der Waals surface area contributed by atoms with Crippen LogP contribution in [0.25, 0.3) is 0 Å². The van der Waals surface area contributed by atoms with Gasteiger partial charge in [0.1, 0.15) is 9.84 Å². The summed E-state index contributed by atoms with van der Waals surface area (Å²) in [6.45, 7) is 1.94. The van der Waals surface area contributed by atoms with Crippen LogP contribution in [0, 0.1) is 0 Å². The van der Waals surface area contributed by atoms with E-state index in [-0.39, 0.29) is 24.2 Å². The fraction of sp³-hybridized carbons (Fsp3) is 1.00. The molecule has 1 aliphatic rings. The van der Waals surface area contributed by atoms with Crippen molar-refractivity contribution in [2.45, 2.75) is 6.04 Å². The van der Waals surface area contributed by atoms with Gasteiger partial charge in [-0.3, -0.25) is 0 Å². The number of halogens is 1. The van der Waals surface area contributed by atoms with Gasteiger partial charge < -0.3 is 10.1 Å². The standard InChI is InChI=1S/C6H13NO3S.ClH/c1-11(8,9)5-6-4-10-3-2-7-6;/h6-7H,2-5H2,1H3;1H/t6-;/m0./s1. The molecule has 0 aromatic heterocycles. The molecule has 1 aliphatic heterocycles. The number of ether oxygens (including phenoxy) is 1. The summed E-state index contributed by atoms with van der Waals surface area (Å²) in [7, 11) is -2.87. The van der Waals surface area contributed by atoms with E-state index in [0.717, 1.165) is 6.54 Å². The summed E-state index contributed by atoms with van der Waals surface area (Å²) in [5, 5.41) is 3.07. The molecular weight excluding hydrogens is 202 g/mol. The monoisotopic (exact) mass is 215 g/mol. The highest BCUT2D eigenvalue weighted by molar-refractivity contribution is 7.90. The second-order valence-corrected chi connectivity index (χ2v) is 5.00. The molecule has 0 radical (unpaired) electrons. The normalized spacial score (nSPS) is 24.6. The van der Waals surface area contributed by atoms with Crippen molar-refractivity contribution in [2.75, 3.05) is 31.8 Å². The molecule has 1 rings (SSSR count). The molecular formula is C6H14ClNO3S. The first-order valence-corrected chi connectivity index (χ1v) is 5.63. The number of hydrogen-bond acceptors (Lipinski definition) is 4. The summed E-state index contributed by atoms with van der Waals surface area (Å²) in [4.78, 5) is 0. The molecule has 0 amide bonds. The maximum absolute atomic E-state index is 10.8. The van der Waals surface area contributed by atoms with Gasteiger partial charge in [0.15, 0.2) is 0 Å². The van der Waals surface area contributed by atoms with Crippen LogP contribution in [0.2, 0.25) is 0 Å². The number of rotatable bonds is 2. The second kappa shape index (κ2) is 5.01. The highest BCUT2D eigenvalue weighted by Gasteiger charge is 2.17. The lowest BCUT2D eigenvalue weighted by Gasteiger charge is -2.22. The first kappa shape index (κ1) is 12.2. The Morgan fingerprint density at radius 1 is 1.58 bits per heavy atom. The smallest absolute Gasteiger partial charge is 0.149 e. The molecule has 4 nitrogen and oxygen atoms in total. The van der Waals surface area contributed by atoms with Crippen molar-refractivity contribution < 1.29 is 13.2 Å². The number of hydrogen-bond donors (Lipinski definition) is 1. The van der Waals surface area contributed by atoms with Gasteiger partial charge >= 0.3 is 0 Å². The summed E-state index contributed by atoms with van der Waals surface area (Å²) in [6, 6.07) is -0.0150.